The van der Waals surface area contributed by atoms with E-state index < -0.39 is 5.82 Å². The van der Waals surface area contributed by atoms with Crippen molar-refractivity contribution in [3.63, 3.8) is 0 Å². The zero-order chi connectivity index (χ0) is 24.9. The van der Waals surface area contributed by atoms with Gasteiger partial charge in [-0.2, -0.15) is 0 Å². The summed E-state index contributed by atoms with van der Waals surface area (Å²) in [5.74, 6) is -0.167. The summed E-state index contributed by atoms with van der Waals surface area (Å²) in [4.78, 5) is 29.2. The first-order valence-corrected chi connectivity index (χ1v) is 11.4. The van der Waals surface area contributed by atoms with Crippen LogP contribution in [0, 0.1) is 5.82 Å². The maximum atomic E-state index is 14.1. The molecule has 0 bridgehead atoms. The molecule has 0 unspecified atom stereocenters. The fraction of sp³-hybridized carbons (Fsp3) is 0.0690. The minimum absolute atomic E-state index is 0.0559. The average molecular weight is 480 g/mol. The molecule has 36 heavy (non-hydrogen) atoms. The van der Waals surface area contributed by atoms with Gasteiger partial charge in [0, 0.05) is 24.4 Å². The van der Waals surface area contributed by atoms with Gasteiger partial charge in [-0.05, 0) is 41.5 Å². The van der Waals surface area contributed by atoms with E-state index in [9.17, 15) is 14.0 Å². The summed E-state index contributed by atoms with van der Waals surface area (Å²) in [7, 11) is 0. The number of pyridine rings is 1. The van der Waals surface area contributed by atoms with Gasteiger partial charge in [0.1, 0.15) is 5.82 Å². The van der Waals surface area contributed by atoms with Crippen molar-refractivity contribution in [2.45, 2.75) is 13.1 Å². The number of halogens is 1. The molecule has 0 radical (unpaired) electrons. The molecule has 0 saturated heterocycles. The normalized spacial score (nSPS) is 10.8. The van der Waals surface area contributed by atoms with Gasteiger partial charge in [-0.1, -0.05) is 54.6 Å². The Bertz CT molecular complexity index is 1570. The Morgan fingerprint density at radius 3 is 2.33 bits per heavy atom. The predicted molar refractivity (Wildman–Crippen MR) is 135 cm³/mol. The smallest absolute Gasteiger partial charge is 0.252 e. The standard InChI is InChI=1S/C29H22FN3O3/c30-25-10-4-3-9-24(25)26-18-32-29(36-26)23-8-2-1-7-22(23)28(35)31-17-20-12-14-21(15-13-20)19-33-16-6-5-11-27(33)34/h1-16,18H,17,19H2,(H,31,35). The highest BCUT2D eigenvalue weighted by molar-refractivity contribution is 6.00. The molecule has 0 aliphatic heterocycles. The highest BCUT2D eigenvalue weighted by Crippen LogP contribution is 2.29. The van der Waals surface area contributed by atoms with Gasteiger partial charge in [-0.15, -0.1) is 0 Å². The van der Waals surface area contributed by atoms with Gasteiger partial charge < -0.3 is 14.3 Å². The number of rotatable bonds is 7. The molecule has 0 spiro atoms. The molecule has 178 valence electrons. The number of hydrogen-bond acceptors (Lipinski definition) is 4. The van der Waals surface area contributed by atoms with Crippen molar-refractivity contribution in [2.24, 2.45) is 0 Å². The summed E-state index contributed by atoms with van der Waals surface area (Å²) >= 11 is 0. The second kappa shape index (κ2) is 10.2. The van der Waals surface area contributed by atoms with Crippen molar-refractivity contribution in [2.75, 3.05) is 0 Å². The molecule has 1 N–H and O–H groups in total. The van der Waals surface area contributed by atoms with Gasteiger partial charge in [-0.3, -0.25) is 9.59 Å². The molecule has 0 atom stereocenters. The number of aromatic nitrogens is 2. The molecule has 0 fully saturated rings. The third-order valence-corrected chi connectivity index (χ3v) is 5.78. The highest BCUT2D eigenvalue weighted by Gasteiger charge is 2.18. The molecule has 1 amide bonds. The van der Waals surface area contributed by atoms with E-state index in [1.54, 1.807) is 59.3 Å². The van der Waals surface area contributed by atoms with Crippen molar-refractivity contribution >= 4 is 5.91 Å². The minimum Gasteiger partial charge on any atom is -0.436 e. The molecule has 3 aromatic carbocycles. The van der Waals surface area contributed by atoms with Crippen molar-refractivity contribution in [3.05, 3.63) is 136 Å². The topological polar surface area (TPSA) is 77.1 Å². The van der Waals surface area contributed by atoms with Crippen LogP contribution in [0.5, 0.6) is 0 Å². The van der Waals surface area contributed by atoms with E-state index in [-0.39, 0.29) is 23.1 Å². The second-order valence-corrected chi connectivity index (χ2v) is 8.22. The number of benzene rings is 3. The molecule has 0 saturated carbocycles. The van der Waals surface area contributed by atoms with Crippen molar-refractivity contribution in [1.82, 2.24) is 14.9 Å². The Balaban J connectivity index is 1.28. The molecular formula is C29H22FN3O3. The summed E-state index contributed by atoms with van der Waals surface area (Å²) in [6.07, 6.45) is 3.20. The summed E-state index contributed by atoms with van der Waals surface area (Å²) < 4.78 is 21.6. The van der Waals surface area contributed by atoms with E-state index in [4.69, 9.17) is 4.42 Å². The molecule has 6 nitrogen and oxygen atoms in total. The van der Waals surface area contributed by atoms with Crippen molar-refractivity contribution < 1.29 is 13.6 Å². The maximum Gasteiger partial charge on any atom is 0.252 e. The van der Waals surface area contributed by atoms with Crippen LogP contribution in [0.15, 0.2) is 113 Å². The number of nitrogens with zero attached hydrogens (tertiary/aromatic N) is 2. The molecule has 5 aromatic rings. The van der Waals surface area contributed by atoms with Gasteiger partial charge in [0.25, 0.3) is 11.5 Å². The van der Waals surface area contributed by atoms with Crippen molar-refractivity contribution in [3.8, 4) is 22.8 Å². The first kappa shape index (κ1) is 23.0. The van der Waals surface area contributed by atoms with E-state index in [1.165, 1.54) is 18.3 Å². The first-order chi connectivity index (χ1) is 17.6. The van der Waals surface area contributed by atoms with Crippen LogP contribution in [0.2, 0.25) is 0 Å². The van der Waals surface area contributed by atoms with Gasteiger partial charge in [-0.25, -0.2) is 9.37 Å². The van der Waals surface area contributed by atoms with E-state index in [0.717, 1.165) is 11.1 Å². The third-order valence-electron chi connectivity index (χ3n) is 5.78. The van der Waals surface area contributed by atoms with Crippen LogP contribution in [0.1, 0.15) is 21.5 Å². The van der Waals surface area contributed by atoms with E-state index >= 15 is 0 Å². The molecular weight excluding hydrogens is 457 g/mol. The molecule has 2 heterocycles. The predicted octanol–water partition coefficient (Wildman–Crippen LogP) is 5.29. The highest BCUT2D eigenvalue weighted by atomic mass is 19.1. The fourth-order valence-corrected chi connectivity index (χ4v) is 3.88. The number of carbonyl (C=O) groups excluding carboxylic acids is 1. The van der Waals surface area contributed by atoms with Crippen molar-refractivity contribution in [1.29, 1.82) is 0 Å². The lowest BCUT2D eigenvalue weighted by Crippen LogP contribution is -2.23. The number of nitrogens with one attached hydrogen (secondary N) is 1. The first-order valence-electron chi connectivity index (χ1n) is 11.4. The van der Waals surface area contributed by atoms with Crippen LogP contribution in [0.4, 0.5) is 4.39 Å². The maximum absolute atomic E-state index is 14.1. The SMILES string of the molecule is O=C(NCc1ccc(Cn2ccccc2=O)cc1)c1ccccc1-c1ncc(-c2ccccc2F)o1. The van der Waals surface area contributed by atoms with Crippen LogP contribution < -0.4 is 10.9 Å². The minimum atomic E-state index is -0.409. The average Bonchev–Trinajstić information content (AvgIpc) is 3.40. The Kier molecular flexibility index (Phi) is 6.53. The second-order valence-electron chi connectivity index (χ2n) is 8.22. The van der Waals surface area contributed by atoms with Crippen LogP contribution in [0.25, 0.3) is 22.8 Å². The molecule has 5 rings (SSSR count). The van der Waals surface area contributed by atoms with Gasteiger partial charge >= 0.3 is 0 Å². The lowest BCUT2D eigenvalue weighted by Gasteiger charge is -2.10. The molecule has 0 aliphatic carbocycles. The van der Waals surface area contributed by atoms with Gasteiger partial charge in [0.05, 0.1) is 23.9 Å². The molecule has 0 aliphatic rings. The molecule has 7 heteroatoms. The van der Waals surface area contributed by atoms with Crippen LogP contribution in [0.3, 0.4) is 0 Å². The Hall–Kier alpha value is -4.78. The quantitative estimate of drug-likeness (QED) is 0.344. The van der Waals surface area contributed by atoms with Gasteiger partial charge in [0.15, 0.2) is 5.76 Å². The lowest BCUT2D eigenvalue weighted by molar-refractivity contribution is 0.0951. The number of hydrogen-bond donors (Lipinski definition) is 1. The van der Waals surface area contributed by atoms with Gasteiger partial charge in [0.2, 0.25) is 5.89 Å². The van der Waals surface area contributed by atoms with E-state index in [2.05, 4.69) is 10.3 Å². The molecule has 2 aromatic heterocycles. The number of carbonyl (C=O) groups is 1. The summed E-state index contributed by atoms with van der Waals surface area (Å²) in [5.41, 5.74) is 3.07. The monoisotopic (exact) mass is 479 g/mol. The lowest BCUT2D eigenvalue weighted by atomic mass is 10.1. The fourth-order valence-electron chi connectivity index (χ4n) is 3.88. The Morgan fingerprint density at radius 1 is 0.861 bits per heavy atom. The zero-order valence-electron chi connectivity index (χ0n) is 19.2. The largest absolute Gasteiger partial charge is 0.436 e. The van der Waals surface area contributed by atoms with E-state index in [0.29, 0.717) is 29.8 Å². The number of oxazole rings is 1. The number of amides is 1. The zero-order valence-corrected chi connectivity index (χ0v) is 19.2. The Morgan fingerprint density at radius 2 is 1.56 bits per heavy atom. The summed E-state index contributed by atoms with van der Waals surface area (Å²) in [6, 6.07) is 26.1. The summed E-state index contributed by atoms with van der Waals surface area (Å²) in [5, 5.41) is 2.93. The van der Waals surface area contributed by atoms with Crippen LogP contribution in [-0.4, -0.2) is 15.5 Å². The van der Waals surface area contributed by atoms with Crippen LogP contribution >= 0.6 is 0 Å². The third kappa shape index (κ3) is 5.00. The summed E-state index contributed by atoms with van der Waals surface area (Å²) in [6.45, 7) is 0.801. The Labute approximate surface area is 206 Å². The van der Waals surface area contributed by atoms with Crippen LogP contribution in [-0.2, 0) is 13.1 Å². The van der Waals surface area contributed by atoms with E-state index in [1.807, 2.05) is 30.3 Å².